The Morgan fingerprint density at radius 2 is 1.52 bits per heavy atom. The summed E-state index contributed by atoms with van der Waals surface area (Å²) in [5.74, 6) is 0. The summed E-state index contributed by atoms with van der Waals surface area (Å²) in [4.78, 5) is 2.54. The first kappa shape index (κ1) is 16.8. The summed E-state index contributed by atoms with van der Waals surface area (Å²) < 4.78 is 0. The molecule has 4 rings (SSSR count). The summed E-state index contributed by atoms with van der Waals surface area (Å²) in [7, 11) is 0. The molecule has 0 saturated carbocycles. The molecule has 132 valence electrons. The van der Waals surface area contributed by atoms with Gasteiger partial charge in [0, 0.05) is 32.0 Å². The Morgan fingerprint density at radius 3 is 2.16 bits per heavy atom. The third-order valence-corrected chi connectivity index (χ3v) is 5.71. The first-order chi connectivity index (χ1) is 12.2. The fraction of sp³-hybridized carbons (Fsp3) is 0.455. The van der Waals surface area contributed by atoms with Gasteiger partial charge >= 0.3 is 0 Å². The smallest absolute Gasteiger partial charge is 0.0852 e. The second-order valence-corrected chi connectivity index (χ2v) is 7.76. The van der Waals surface area contributed by atoms with E-state index in [-0.39, 0.29) is 0 Å². The molecule has 25 heavy (non-hydrogen) atoms. The zero-order chi connectivity index (χ0) is 17.1. The summed E-state index contributed by atoms with van der Waals surface area (Å²) in [5, 5.41) is 14.6. The molecule has 2 aromatic rings. The molecule has 1 aliphatic heterocycles. The van der Waals surface area contributed by atoms with Gasteiger partial charge in [-0.1, -0.05) is 54.6 Å². The Bertz CT molecular complexity index is 667. The van der Waals surface area contributed by atoms with Crippen LogP contribution in [0.2, 0.25) is 0 Å². The second-order valence-electron chi connectivity index (χ2n) is 7.76. The lowest BCUT2D eigenvalue weighted by molar-refractivity contribution is 0.0448. The SMILES string of the molecule is OC1(CNC2CCN(Cc3ccccc3)CC2)Cc2ccccc2C1. The maximum Gasteiger partial charge on any atom is 0.0852 e. The molecule has 1 heterocycles. The molecule has 0 spiro atoms. The molecule has 0 atom stereocenters. The summed E-state index contributed by atoms with van der Waals surface area (Å²) in [5.41, 5.74) is 3.41. The highest BCUT2D eigenvalue weighted by atomic mass is 16.3. The normalized spacial score (nSPS) is 20.5. The molecule has 2 N–H and O–H groups in total. The molecule has 0 amide bonds. The van der Waals surface area contributed by atoms with Crippen molar-refractivity contribution in [2.75, 3.05) is 19.6 Å². The quantitative estimate of drug-likeness (QED) is 0.881. The zero-order valence-electron chi connectivity index (χ0n) is 14.8. The monoisotopic (exact) mass is 336 g/mol. The number of aliphatic hydroxyl groups is 1. The minimum atomic E-state index is -0.606. The maximum atomic E-state index is 10.9. The van der Waals surface area contributed by atoms with Crippen LogP contribution in [-0.4, -0.2) is 41.3 Å². The molecule has 1 aliphatic carbocycles. The van der Waals surface area contributed by atoms with E-state index in [4.69, 9.17) is 0 Å². The molecule has 3 heteroatoms. The van der Waals surface area contributed by atoms with Crippen molar-refractivity contribution < 1.29 is 5.11 Å². The third-order valence-electron chi connectivity index (χ3n) is 5.71. The number of hydrogen-bond acceptors (Lipinski definition) is 3. The van der Waals surface area contributed by atoms with Gasteiger partial charge in [0.05, 0.1) is 5.60 Å². The summed E-state index contributed by atoms with van der Waals surface area (Å²) in [6.45, 7) is 4.01. The maximum absolute atomic E-state index is 10.9. The average molecular weight is 336 g/mol. The molecule has 0 bridgehead atoms. The standard InChI is InChI=1S/C22H28N2O/c25-22(14-19-8-4-5-9-20(19)15-22)17-23-21-10-12-24(13-11-21)16-18-6-2-1-3-7-18/h1-9,21,23,25H,10-17H2. The number of hydrogen-bond donors (Lipinski definition) is 2. The Kier molecular flexibility index (Phi) is 4.89. The van der Waals surface area contributed by atoms with Crippen molar-refractivity contribution in [3.63, 3.8) is 0 Å². The minimum Gasteiger partial charge on any atom is -0.388 e. The van der Waals surface area contributed by atoms with Crippen LogP contribution < -0.4 is 5.32 Å². The highest BCUT2D eigenvalue weighted by molar-refractivity contribution is 5.35. The predicted molar refractivity (Wildman–Crippen MR) is 102 cm³/mol. The van der Waals surface area contributed by atoms with Crippen LogP contribution in [0.1, 0.15) is 29.5 Å². The van der Waals surface area contributed by atoms with Crippen molar-refractivity contribution in [1.82, 2.24) is 10.2 Å². The molecule has 1 fully saturated rings. The van der Waals surface area contributed by atoms with Crippen LogP contribution >= 0.6 is 0 Å². The van der Waals surface area contributed by atoms with E-state index in [1.54, 1.807) is 0 Å². The Morgan fingerprint density at radius 1 is 0.920 bits per heavy atom. The molecular weight excluding hydrogens is 308 g/mol. The van der Waals surface area contributed by atoms with E-state index < -0.39 is 5.60 Å². The van der Waals surface area contributed by atoms with E-state index in [1.165, 1.54) is 16.7 Å². The molecule has 2 aromatic carbocycles. The van der Waals surface area contributed by atoms with Gasteiger partial charge in [0.25, 0.3) is 0 Å². The number of fused-ring (bicyclic) bond motifs is 1. The van der Waals surface area contributed by atoms with E-state index in [1.807, 2.05) is 0 Å². The van der Waals surface area contributed by atoms with Crippen molar-refractivity contribution in [2.24, 2.45) is 0 Å². The molecule has 0 unspecified atom stereocenters. The third kappa shape index (κ3) is 4.12. The topological polar surface area (TPSA) is 35.5 Å². The van der Waals surface area contributed by atoms with Crippen molar-refractivity contribution in [2.45, 2.75) is 43.9 Å². The lowest BCUT2D eigenvalue weighted by Crippen LogP contribution is -2.48. The first-order valence-electron chi connectivity index (χ1n) is 9.49. The van der Waals surface area contributed by atoms with Crippen molar-refractivity contribution in [3.8, 4) is 0 Å². The summed E-state index contributed by atoms with van der Waals surface area (Å²) in [6, 6.07) is 19.7. The van der Waals surface area contributed by atoms with Gasteiger partial charge in [-0.3, -0.25) is 4.90 Å². The Balaban J connectivity index is 1.23. The van der Waals surface area contributed by atoms with Gasteiger partial charge < -0.3 is 10.4 Å². The average Bonchev–Trinajstić information content (AvgIpc) is 2.99. The number of likely N-dealkylation sites (tertiary alicyclic amines) is 1. The van der Waals surface area contributed by atoms with Crippen LogP contribution in [0, 0.1) is 0 Å². The Hall–Kier alpha value is -1.68. The van der Waals surface area contributed by atoms with Crippen LogP contribution in [0.5, 0.6) is 0 Å². The largest absolute Gasteiger partial charge is 0.388 e. The van der Waals surface area contributed by atoms with Crippen molar-refractivity contribution >= 4 is 0 Å². The van der Waals surface area contributed by atoms with Crippen LogP contribution in [-0.2, 0) is 19.4 Å². The van der Waals surface area contributed by atoms with Crippen LogP contribution in [0.4, 0.5) is 0 Å². The number of piperidine rings is 1. The second kappa shape index (κ2) is 7.28. The zero-order valence-corrected chi connectivity index (χ0v) is 14.8. The molecule has 2 aliphatic rings. The predicted octanol–water partition coefficient (Wildman–Crippen LogP) is 2.77. The molecule has 0 radical (unpaired) electrons. The van der Waals surface area contributed by atoms with E-state index in [0.717, 1.165) is 45.3 Å². The lowest BCUT2D eigenvalue weighted by atomic mass is 9.98. The van der Waals surface area contributed by atoms with Crippen LogP contribution in [0.3, 0.4) is 0 Å². The molecule has 0 aromatic heterocycles. The van der Waals surface area contributed by atoms with E-state index >= 15 is 0 Å². The number of nitrogens with zero attached hydrogens (tertiary/aromatic N) is 1. The van der Waals surface area contributed by atoms with Crippen molar-refractivity contribution in [1.29, 1.82) is 0 Å². The highest BCUT2D eigenvalue weighted by Gasteiger charge is 2.35. The van der Waals surface area contributed by atoms with E-state index in [2.05, 4.69) is 64.8 Å². The lowest BCUT2D eigenvalue weighted by Gasteiger charge is -2.34. The summed E-state index contributed by atoms with van der Waals surface area (Å²) in [6.07, 6.45) is 3.89. The molecule has 1 saturated heterocycles. The molecular formula is C22H28N2O. The van der Waals surface area contributed by atoms with Gasteiger partial charge in [0.2, 0.25) is 0 Å². The van der Waals surface area contributed by atoms with Crippen LogP contribution in [0.15, 0.2) is 54.6 Å². The Labute approximate surface area is 150 Å². The fourth-order valence-corrected chi connectivity index (χ4v) is 4.27. The number of benzene rings is 2. The van der Waals surface area contributed by atoms with Crippen LogP contribution in [0.25, 0.3) is 0 Å². The van der Waals surface area contributed by atoms with Gasteiger partial charge in [-0.25, -0.2) is 0 Å². The highest BCUT2D eigenvalue weighted by Crippen LogP contribution is 2.29. The van der Waals surface area contributed by atoms with Gasteiger partial charge in [0.15, 0.2) is 0 Å². The number of nitrogens with one attached hydrogen (secondary N) is 1. The van der Waals surface area contributed by atoms with E-state index in [0.29, 0.717) is 12.6 Å². The first-order valence-corrected chi connectivity index (χ1v) is 9.49. The molecule has 3 nitrogen and oxygen atoms in total. The fourth-order valence-electron chi connectivity index (χ4n) is 4.27. The van der Waals surface area contributed by atoms with Gasteiger partial charge in [0.1, 0.15) is 0 Å². The van der Waals surface area contributed by atoms with Gasteiger partial charge in [-0.15, -0.1) is 0 Å². The minimum absolute atomic E-state index is 0.528. The van der Waals surface area contributed by atoms with Gasteiger partial charge in [-0.2, -0.15) is 0 Å². The van der Waals surface area contributed by atoms with E-state index in [9.17, 15) is 5.11 Å². The van der Waals surface area contributed by atoms with Crippen molar-refractivity contribution in [3.05, 3.63) is 71.3 Å². The summed E-state index contributed by atoms with van der Waals surface area (Å²) >= 11 is 0. The number of rotatable bonds is 5. The van der Waals surface area contributed by atoms with Gasteiger partial charge in [-0.05, 0) is 42.6 Å².